The Balaban J connectivity index is 1.22. The van der Waals surface area contributed by atoms with Crippen LogP contribution in [0.1, 0.15) is 10.4 Å². The third kappa shape index (κ3) is 5.45. The summed E-state index contributed by atoms with van der Waals surface area (Å²) in [6, 6.07) is 18.8. The Morgan fingerprint density at radius 2 is 1.57 bits per heavy atom. The van der Waals surface area contributed by atoms with Gasteiger partial charge < -0.3 is 15.1 Å². The molecule has 1 N–H and O–H groups in total. The van der Waals surface area contributed by atoms with E-state index in [-0.39, 0.29) is 29.7 Å². The lowest BCUT2D eigenvalue weighted by Gasteiger charge is -2.36. The zero-order valence-electron chi connectivity index (χ0n) is 19.7. The number of anilines is 2. The minimum Gasteiger partial charge on any atom is -0.368 e. The molecule has 0 radical (unpaired) electrons. The van der Waals surface area contributed by atoms with Crippen molar-refractivity contribution in [1.29, 1.82) is 0 Å². The highest BCUT2D eigenvalue weighted by Gasteiger charge is 2.23. The third-order valence-electron chi connectivity index (χ3n) is 6.09. The van der Waals surface area contributed by atoms with Crippen LogP contribution in [0, 0.1) is 11.6 Å². The van der Waals surface area contributed by atoms with Gasteiger partial charge in [0.05, 0.1) is 11.3 Å². The van der Waals surface area contributed by atoms with Gasteiger partial charge in [0.1, 0.15) is 18.2 Å². The highest BCUT2D eigenvalue weighted by atomic mass is 19.1. The second kappa shape index (κ2) is 10.5. The van der Waals surface area contributed by atoms with E-state index in [9.17, 15) is 18.4 Å². The Kier molecular flexibility index (Phi) is 6.84. The largest absolute Gasteiger partial charge is 0.368 e. The molecule has 9 nitrogen and oxygen atoms in total. The van der Waals surface area contributed by atoms with Crippen LogP contribution >= 0.6 is 0 Å². The Labute approximate surface area is 211 Å². The van der Waals surface area contributed by atoms with Crippen molar-refractivity contribution in [3.63, 3.8) is 0 Å². The quantitative estimate of drug-likeness (QED) is 0.434. The molecule has 0 spiro atoms. The standard InChI is InChI=1S/C26H23F2N7O2/c27-18-9-11-19(12-10-18)33-13-15-34(16-14-33)24(36)17-35-31-25(30-32-35)21-6-2-4-8-23(21)29-26(37)20-5-1-3-7-22(20)28/h1-12H,13-17H2,(H,29,37). The number of piperazine rings is 1. The van der Waals surface area contributed by atoms with E-state index in [4.69, 9.17) is 0 Å². The van der Waals surface area contributed by atoms with Crippen LogP contribution in [0.4, 0.5) is 20.2 Å². The number of carbonyl (C=O) groups excluding carboxylic acids is 2. The van der Waals surface area contributed by atoms with Gasteiger partial charge in [0.25, 0.3) is 5.91 Å². The lowest BCUT2D eigenvalue weighted by Crippen LogP contribution is -2.49. The van der Waals surface area contributed by atoms with Gasteiger partial charge in [0.15, 0.2) is 0 Å². The first-order valence-corrected chi connectivity index (χ1v) is 11.7. The summed E-state index contributed by atoms with van der Waals surface area (Å²) in [5.41, 5.74) is 1.70. The average Bonchev–Trinajstić information content (AvgIpc) is 3.38. The molecule has 1 saturated heterocycles. The zero-order chi connectivity index (χ0) is 25.8. The van der Waals surface area contributed by atoms with Crippen molar-refractivity contribution >= 4 is 23.2 Å². The van der Waals surface area contributed by atoms with Crippen LogP contribution in [0.15, 0.2) is 72.8 Å². The van der Waals surface area contributed by atoms with Crippen molar-refractivity contribution in [1.82, 2.24) is 25.1 Å². The topological polar surface area (TPSA) is 96.2 Å². The van der Waals surface area contributed by atoms with E-state index in [0.717, 1.165) is 5.69 Å². The molecule has 0 unspecified atom stereocenters. The first-order chi connectivity index (χ1) is 18.0. The molecule has 2 heterocycles. The SMILES string of the molecule is O=C(Nc1ccccc1-c1nnn(CC(=O)N2CCN(c3ccc(F)cc3)CC2)n1)c1ccccc1F. The number of para-hydroxylation sites is 1. The fourth-order valence-electron chi connectivity index (χ4n) is 4.13. The third-order valence-corrected chi connectivity index (χ3v) is 6.09. The first kappa shape index (κ1) is 24.0. The van der Waals surface area contributed by atoms with Crippen LogP contribution in [0.3, 0.4) is 0 Å². The van der Waals surface area contributed by atoms with E-state index in [1.807, 2.05) is 0 Å². The van der Waals surface area contributed by atoms with E-state index in [1.54, 1.807) is 47.4 Å². The van der Waals surface area contributed by atoms with Crippen molar-refractivity contribution in [2.75, 3.05) is 36.4 Å². The van der Waals surface area contributed by atoms with Crippen molar-refractivity contribution in [2.45, 2.75) is 6.54 Å². The molecule has 0 saturated carbocycles. The molecular weight excluding hydrogens is 480 g/mol. The summed E-state index contributed by atoms with van der Waals surface area (Å²) in [6.07, 6.45) is 0. The van der Waals surface area contributed by atoms with Gasteiger partial charge in [0, 0.05) is 37.4 Å². The van der Waals surface area contributed by atoms with Crippen molar-refractivity contribution < 1.29 is 18.4 Å². The predicted octanol–water partition coefficient (Wildman–Crippen LogP) is 3.22. The Morgan fingerprint density at radius 1 is 0.865 bits per heavy atom. The molecule has 1 aromatic heterocycles. The number of hydrogen-bond donors (Lipinski definition) is 1. The van der Waals surface area contributed by atoms with Gasteiger partial charge in [-0.2, -0.15) is 4.80 Å². The van der Waals surface area contributed by atoms with E-state index < -0.39 is 11.7 Å². The molecule has 37 heavy (non-hydrogen) atoms. The number of nitrogens with zero attached hydrogens (tertiary/aromatic N) is 6. The number of tetrazole rings is 1. The normalized spacial score (nSPS) is 13.5. The molecular formula is C26H23F2N7O2. The molecule has 2 amide bonds. The number of nitrogens with one attached hydrogen (secondary N) is 1. The maximum atomic E-state index is 14.0. The van der Waals surface area contributed by atoms with E-state index >= 15 is 0 Å². The molecule has 3 aromatic carbocycles. The zero-order valence-corrected chi connectivity index (χ0v) is 19.7. The summed E-state index contributed by atoms with van der Waals surface area (Å²) in [5.74, 6) is -1.44. The van der Waals surface area contributed by atoms with E-state index in [0.29, 0.717) is 37.4 Å². The summed E-state index contributed by atoms with van der Waals surface area (Å²) in [5, 5.41) is 15.1. The molecule has 1 fully saturated rings. The maximum Gasteiger partial charge on any atom is 0.258 e. The molecule has 0 bridgehead atoms. The highest BCUT2D eigenvalue weighted by Crippen LogP contribution is 2.25. The number of aromatic nitrogens is 4. The number of hydrogen-bond acceptors (Lipinski definition) is 6. The lowest BCUT2D eigenvalue weighted by atomic mass is 10.1. The van der Waals surface area contributed by atoms with Gasteiger partial charge in [-0.3, -0.25) is 9.59 Å². The van der Waals surface area contributed by atoms with Gasteiger partial charge in [-0.1, -0.05) is 24.3 Å². The second-order valence-corrected chi connectivity index (χ2v) is 8.47. The fraction of sp³-hybridized carbons (Fsp3) is 0.192. The Hall–Kier alpha value is -4.67. The van der Waals surface area contributed by atoms with Crippen molar-refractivity contribution in [2.24, 2.45) is 0 Å². The molecule has 188 valence electrons. The smallest absolute Gasteiger partial charge is 0.258 e. The number of rotatable bonds is 6. The summed E-state index contributed by atoms with van der Waals surface area (Å²) in [6.45, 7) is 2.20. The van der Waals surface area contributed by atoms with Crippen molar-refractivity contribution in [3.8, 4) is 11.4 Å². The molecule has 0 atom stereocenters. The van der Waals surface area contributed by atoms with Gasteiger partial charge in [-0.25, -0.2) is 8.78 Å². The Bertz CT molecular complexity index is 1420. The van der Waals surface area contributed by atoms with Crippen LogP contribution in [0.2, 0.25) is 0 Å². The highest BCUT2D eigenvalue weighted by molar-refractivity contribution is 6.06. The van der Waals surface area contributed by atoms with Crippen LogP contribution < -0.4 is 10.2 Å². The number of amides is 2. The lowest BCUT2D eigenvalue weighted by molar-refractivity contribution is -0.132. The predicted molar refractivity (Wildman–Crippen MR) is 133 cm³/mol. The first-order valence-electron chi connectivity index (χ1n) is 11.7. The minimum atomic E-state index is -0.626. The Morgan fingerprint density at radius 3 is 2.32 bits per heavy atom. The molecule has 11 heteroatoms. The number of benzene rings is 3. The molecule has 0 aliphatic carbocycles. The molecule has 5 rings (SSSR count). The number of carbonyl (C=O) groups is 2. The molecule has 1 aliphatic heterocycles. The van der Waals surface area contributed by atoms with Gasteiger partial charge in [-0.15, -0.1) is 10.2 Å². The summed E-state index contributed by atoms with van der Waals surface area (Å²) in [7, 11) is 0. The van der Waals surface area contributed by atoms with Crippen molar-refractivity contribution in [3.05, 3.63) is 90.0 Å². The van der Waals surface area contributed by atoms with E-state index in [1.165, 1.54) is 35.1 Å². The molecule has 1 aliphatic rings. The van der Waals surface area contributed by atoms with Gasteiger partial charge >= 0.3 is 0 Å². The average molecular weight is 504 g/mol. The fourth-order valence-corrected chi connectivity index (χ4v) is 4.13. The van der Waals surface area contributed by atoms with Gasteiger partial charge in [-0.05, 0) is 53.7 Å². The van der Waals surface area contributed by atoms with Crippen LogP contribution in [-0.4, -0.2) is 63.1 Å². The summed E-state index contributed by atoms with van der Waals surface area (Å²) in [4.78, 5) is 30.5. The summed E-state index contributed by atoms with van der Waals surface area (Å²) < 4.78 is 27.2. The van der Waals surface area contributed by atoms with Crippen LogP contribution in [0.5, 0.6) is 0 Å². The minimum absolute atomic E-state index is 0.0842. The van der Waals surface area contributed by atoms with Crippen LogP contribution in [-0.2, 0) is 11.3 Å². The van der Waals surface area contributed by atoms with E-state index in [2.05, 4.69) is 25.6 Å². The molecule has 4 aromatic rings. The monoisotopic (exact) mass is 503 g/mol. The number of halogens is 2. The second-order valence-electron chi connectivity index (χ2n) is 8.47. The van der Waals surface area contributed by atoms with Crippen LogP contribution in [0.25, 0.3) is 11.4 Å². The maximum absolute atomic E-state index is 14.0. The summed E-state index contributed by atoms with van der Waals surface area (Å²) >= 11 is 0. The van der Waals surface area contributed by atoms with Gasteiger partial charge in [0.2, 0.25) is 11.7 Å².